The topological polar surface area (TPSA) is 15.8 Å². The van der Waals surface area contributed by atoms with Crippen molar-refractivity contribution in [1.29, 1.82) is 0 Å². The number of hydrogen-bond donors (Lipinski definition) is 1. The van der Waals surface area contributed by atoms with Crippen LogP contribution in [0.5, 0.6) is 0 Å². The van der Waals surface area contributed by atoms with Gasteiger partial charge < -0.3 is 4.98 Å². The second-order valence-corrected chi connectivity index (χ2v) is 4.73. The average Bonchev–Trinajstić information content (AvgIpc) is 2.85. The molecule has 0 saturated carbocycles. The Labute approximate surface area is 89.1 Å². The van der Waals surface area contributed by atoms with Crippen LogP contribution >= 0.6 is 0 Å². The number of nitrogens with one attached hydrogen (secondary N) is 1. The fourth-order valence-electron chi connectivity index (χ4n) is 3.39. The van der Waals surface area contributed by atoms with Crippen molar-refractivity contribution < 1.29 is 0 Å². The van der Waals surface area contributed by atoms with Gasteiger partial charge in [-0.2, -0.15) is 0 Å². The number of rotatable bonds is 0. The Hall–Kier alpha value is -1.50. The van der Waals surface area contributed by atoms with Gasteiger partial charge in [-0.05, 0) is 41.5 Å². The summed E-state index contributed by atoms with van der Waals surface area (Å²) >= 11 is 0. The molecule has 1 heteroatoms. The first kappa shape index (κ1) is 7.75. The normalized spacial score (nSPS) is 26.1. The predicted molar refractivity (Wildman–Crippen MR) is 60.1 cm³/mol. The maximum atomic E-state index is 3.39. The predicted octanol–water partition coefficient (Wildman–Crippen LogP) is 3.19. The van der Waals surface area contributed by atoms with Gasteiger partial charge in [0.25, 0.3) is 0 Å². The minimum Gasteiger partial charge on any atom is -0.365 e. The van der Waals surface area contributed by atoms with E-state index < -0.39 is 0 Å². The van der Waals surface area contributed by atoms with Gasteiger partial charge in [0.15, 0.2) is 0 Å². The standard InChI is InChI=1S/C14H13N/c1-2-4-11-10(3-1)9-7-13(11)12-5-6-15-14(12)8-9/h1-6,9,13,15H,7-8H2. The summed E-state index contributed by atoms with van der Waals surface area (Å²) in [7, 11) is 0. The molecule has 2 unspecified atom stereocenters. The summed E-state index contributed by atoms with van der Waals surface area (Å²) in [5.74, 6) is 1.43. The van der Waals surface area contributed by atoms with E-state index in [1.807, 2.05) is 0 Å². The first-order chi connectivity index (χ1) is 7.43. The molecule has 2 aliphatic rings. The summed E-state index contributed by atoms with van der Waals surface area (Å²) in [5.41, 5.74) is 6.16. The maximum Gasteiger partial charge on any atom is 0.0192 e. The molecule has 4 rings (SSSR count). The van der Waals surface area contributed by atoms with E-state index in [2.05, 4.69) is 41.5 Å². The molecule has 0 amide bonds. The van der Waals surface area contributed by atoms with E-state index in [0.29, 0.717) is 5.92 Å². The lowest BCUT2D eigenvalue weighted by molar-refractivity contribution is 0.587. The number of aromatic nitrogens is 1. The zero-order valence-electron chi connectivity index (χ0n) is 8.53. The van der Waals surface area contributed by atoms with Gasteiger partial charge in [0.1, 0.15) is 0 Å². The van der Waals surface area contributed by atoms with Crippen LogP contribution in [0.4, 0.5) is 0 Å². The fourth-order valence-corrected chi connectivity index (χ4v) is 3.39. The van der Waals surface area contributed by atoms with Crippen molar-refractivity contribution >= 4 is 0 Å². The molecule has 2 atom stereocenters. The summed E-state index contributed by atoms with van der Waals surface area (Å²) in [5, 5.41) is 0. The van der Waals surface area contributed by atoms with E-state index in [1.54, 1.807) is 11.1 Å². The van der Waals surface area contributed by atoms with Crippen LogP contribution in [0.1, 0.15) is 40.6 Å². The Morgan fingerprint density at radius 2 is 1.87 bits per heavy atom. The molecule has 0 fully saturated rings. The fraction of sp³-hybridized carbons (Fsp3) is 0.286. The van der Waals surface area contributed by atoms with E-state index >= 15 is 0 Å². The van der Waals surface area contributed by atoms with Gasteiger partial charge in [-0.15, -0.1) is 0 Å². The highest BCUT2D eigenvalue weighted by Gasteiger charge is 2.37. The molecule has 1 N–H and O–H groups in total. The highest BCUT2D eigenvalue weighted by Crippen LogP contribution is 2.51. The molecular weight excluding hydrogens is 182 g/mol. The monoisotopic (exact) mass is 195 g/mol. The molecule has 0 radical (unpaired) electrons. The van der Waals surface area contributed by atoms with Crippen molar-refractivity contribution in [2.45, 2.75) is 24.7 Å². The highest BCUT2D eigenvalue weighted by atomic mass is 14.7. The van der Waals surface area contributed by atoms with Crippen LogP contribution in [0.3, 0.4) is 0 Å². The maximum absolute atomic E-state index is 3.39. The molecule has 2 aromatic rings. The van der Waals surface area contributed by atoms with Gasteiger partial charge in [-0.25, -0.2) is 0 Å². The molecule has 1 nitrogen and oxygen atoms in total. The minimum absolute atomic E-state index is 0.668. The third-order valence-corrected chi connectivity index (χ3v) is 4.03. The van der Waals surface area contributed by atoms with Crippen LogP contribution in [-0.4, -0.2) is 4.98 Å². The van der Waals surface area contributed by atoms with Gasteiger partial charge in [0, 0.05) is 17.8 Å². The van der Waals surface area contributed by atoms with Crippen LogP contribution in [0, 0.1) is 0 Å². The lowest BCUT2D eigenvalue weighted by atomic mass is 9.85. The minimum atomic E-state index is 0.668. The SMILES string of the molecule is c1ccc2c(c1)C1Cc3[nH]ccc3C2C1. The van der Waals surface area contributed by atoms with Crippen molar-refractivity contribution in [2.75, 3.05) is 0 Å². The van der Waals surface area contributed by atoms with E-state index in [9.17, 15) is 0 Å². The number of fused-ring (bicyclic) bond motifs is 7. The molecule has 2 bridgehead atoms. The van der Waals surface area contributed by atoms with E-state index in [1.165, 1.54) is 24.1 Å². The molecule has 15 heavy (non-hydrogen) atoms. The number of H-pyrrole nitrogens is 1. The quantitative estimate of drug-likeness (QED) is 0.664. The lowest BCUT2D eigenvalue weighted by Gasteiger charge is -2.19. The molecule has 1 aromatic carbocycles. The van der Waals surface area contributed by atoms with Crippen LogP contribution in [0.25, 0.3) is 0 Å². The Morgan fingerprint density at radius 3 is 2.80 bits per heavy atom. The zero-order valence-corrected chi connectivity index (χ0v) is 8.53. The van der Waals surface area contributed by atoms with Gasteiger partial charge in [0.2, 0.25) is 0 Å². The van der Waals surface area contributed by atoms with Crippen molar-refractivity contribution in [3.63, 3.8) is 0 Å². The number of hydrogen-bond acceptors (Lipinski definition) is 0. The number of aromatic amines is 1. The van der Waals surface area contributed by atoms with Crippen LogP contribution in [-0.2, 0) is 6.42 Å². The smallest absolute Gasteiger partial charge is 0.0192 e. The average molecular weight is 195 g/mol. The summed E-state index contributed by atoms with van der Waals surface area (Å²) in [6.07, 6.45) is 4.62. The van der Waals surface area contributed by atoms with E-state index in [4.69, 9.17) is 0 Å². The Balaban J connectivity index is 1.99. The molecule has 0 spiro atoms. The van der Waals surface area contributed by atoms with Gasteiger partial charge in [-0.3, -0.25) is 0 Å². The van der Waals surface area contributed by atoms with Gasteiger partial charge in [0.05, 0.1) is 0 Å². The summed E-state index contributed by atoms with van der Waals surface area (Å²) < 4.78 is 0. The first-order valence-corrected chi connectivity index (χ1v) is 5.68. The third kappa shape index (κ3) is 0.883. The summed E-state index contributed by atoms with van der Waals surface area (Å²) in [6, 6.07) is 11.2. The summed E-state index contributed by atoms with van der Waals surface area (Å²) in [6.45, 7) is 0. The Morgan fingerprint density at radius 1 is 1.00 bits per heavy atom. The molecule has 0 aliphatic heterocycles. The van der Waals surface area contributed by atoms with Crippen LogP contribution in [0.2, 0.25) is 0 Å². The van der Waals surface area contributed by atoms with E-state index in [0.717, 1.165) is 5.92 Å². The lowest BCUT2D eigenvalue weighted by Crippen LogP contribution is -2.08. The largest absolute Gasteiger partial charge is 0.365 e. The van der Waals surface area contributed by atoms with Crippen molar-refractivity contribution in [1.82, 2.24) is 4.98 Å². The molecular formula is C14H13N. The van der Waals surface area contributed by atoms with Crippen molar-refractivity contribution in [3.05, 3.63) is 58.9 Å². The molecule has 0 saturated heterocycles. The molecule has 74 valence electrons. The molecule has 1 heterocycles. The molecule has 1 aromatic heterocycles. The first-order valence-electron chi connectivity index (χ1n) is 5.68. The van der Waals surface area contributed by atoms with E-state index in [-0.39, 0.29) is 0 Å². The van der Waals surface area contributed by atoms with Crippen molar-refractivity contribution in [2.24, 2.45) is 0 Å². The Bertz CT molecular complexity index is 524. The zero-order chi connectivity index (χ0) is 9.83. The second kappa shape index (κ2) is 2.54. The second-order valence-electron chi connectivity index (χ2n) is 4.73. The van der Waals surface area contributed by atoms with Gasteiger partial charge in [-0.1, -0.05) is 24.3 Å². The Kier molecular flexibility index (Phi) is 1.31. The van der Waals surface area contributed by atoms with Gasteiger partial charge >= 0.3 is 0 Å². The number of benzene rings is 1. The van der Waals surface area contributed by atoms with Crippen molar-refractivity contribution in [3.8, 4) is 0 Å². The highest BCUT2D eigenvalue weighted by molar-refractivity contribution is 5.49. The summed E-state index contributed by atoms with van der Waals surface area (Å²) in [4.78, 5) is 3.39. The molecule has 2 aliphatic carbocycles. The van der Waals surface area contributed by atoms with Crippen LogP contribution < -0.4 is 0 Å². The third-order valence-electron chi connectivity index (χ3n) is 4.03. The van der Waals surface area contributed by atoms with Crippen LogP contribution in [0.15, 0.2) is 36.5 Å².